The number of hydrogen-bond donors (Lipinski definition) is 1. The number of nitrogens with zero attached hydrogens (tertiary/aromatic N) is 3. The van der Waals surface area contributed by atoms with E-state index in [1.54, 1.807) is 13.0 Å². The third kappa shape index (κ3) is 2.33. The van der Waals surface area contributed by atoms with Crippen LogP contribution in [-0.2, 0) is 0 Å². The van der Waals surface area contributed by atoms with Crippen molar-refractivity contribution in [1.82, 2.24) is 15.0 Å². The van der Waals surface area contributed by atoms with E-state index in [0.717, 1.165) is 0 Å². The van der Waals surface area contributed by atoms with Crippen LogP contribution in [0, 0.1) is 0 Å². The molecule has 1 heterocycles. The zero-order chi connectivity index (χ0) is 12.4. The molecular weight excluding hydrogens is 232 g/mol. The molecule has 0 saturated heterocycles. The topological polar surface area (TPSA) is 60.2 Å². The Morgan fingerprint density at radius 1 is 1.47 bits per heavy atom. The van der Waals surface area contributed by atoms with Gasteiger partial charge < -0.3 is 9.84 Å². The molecule has 0 aliphatic carbocycles. The predicted octanol–water partition coefficient (Wildman–Crippen LogP) is 1.59. The molecule has 1 aromatic carbocycles. The SMILES string of the molecule is CC(CO)n1nnc2ccc(OC(F)F)cc21. The Morgan fingerprint density at radius 3 is 2.88 bits per heavy atom. The molecule has 0 aliphatic rings. The lowest BCUT2D eigenvalue weighted by molar-refractivity contribution is -0.0497. The lowest BCUT2D eigenvalue weighted by atomic mass is 10.2. The van der Waals surface area contributed by atoms with Crippen molar-refractivity contribution < 1.29 is 18.6 Å². The summed E-state index contributed by atoms with van der Waals surface area (Å²) in [5.74, 6) is 0.0428. The Labute approximate surface area is 95.6 Å². The number of aromatic nitrogens is 3. The van der Waals surface area contributed by atoms with E-state index in [4.69, 9.17) is 5.11 Å². The van der Waals surface area contributed by atoms with Crippen molar-refractivity contribution in [2.45, 2.75) is 19.6 Å². The Balaban J connectivity index is 2.43. The summed E-state index contributed by atoms with van der Waals surface area (Å²) in [7, 11) is 0. The van der Waals surface area contributed by atoms with Crippen LogP contribution in [-0.4, -0.2) is 33.3 Å². The van der Waals surface area contributed by atoms with Gasteiger partial charge in [0.25, 0.3) is 0 Å². The van der Waals surface area contributed by atoms with Crippen LogP contribution in [0.1, 0.15) is 13.0 Å². The highest BCUT2D eigenvalue weighted by molar-refractivity contribution is 5.76. The Hall–Kier alpha value is -1.76. The predicted molar refractivity (Wildman–Crippen MR) is 56.0 cm³/mol. The third-order valence-corrected chi connectivity index (χ3v) is 2.35. The van der Waals surface area contributed by atoms with Crippen LogP contribution in [0.5, 0.6) is 5.75 Å². The van der Waals surface area contributed by atoms with Crippen molar-refractivity contribution in [2.75, 3.05) is 6.61 Å². The van der Waals surface area contributed by atoms with E-state index in [-0.39, 0.29) is 18.4 Å². The largest absolute Gasteiger partial charge is 0.435 e. The minimum atomic E-state index is -2.87. The van der Waals surface area contributed by atoms with Gasteiger partial charge in [-0.25, -0.2) is 4.68 Å². The zero-order valence-corrected chi connectivity index (χ0v) is 9.05. The van der Waals surface area contributed by atoms with Crippen LogP contribution in [0.4, 0.5) is 8.78 Å². The second kappa shape index (κ2) is 4.62. The van der Waals surface area contributed by atoms with Crippen molar-refractivity contribution in [3.8, 4) is 5.75 Å². The van der Waals surface area contributed by atoms with Gasteiger partial charge in [0, 0.05) is 6.07 Å². The standard InChI is InChI=1S/C10H11F2N3O2/c1-6(5-16)15-9-4-7(17-10(11)12)2-3-8(9)13-14-15/h2-4,6,10,16H,5H2,1H3. The third-order valence-electron chi connectivity index (χ3n) is 2.35. The summed E-state index contributed by atoms with van der Waals surface area (Å²) in [5.41, 5.74) is 1.11. The van der Waals surface area contributed by atoms with Crippen LogP contribution in [0.25, 0.3) is 11.0 Å². The highest BCUT2D eigenvalue weighted by Crippen LogP contribution is 2.22. The van der Waals surface area contributed by atoms with Crippen molar-refractivity contribution in [3.63, 3.8) is 0 Å². The van der Waals surface area contributed by atoms with Crippen molar-refractivity contribution >= 4 is 11.0 Å². The first kappa shape index (κ1) is 11.7. The maximum atomic E-state index is 12.1. The van der Waals surface area contributed by atoms with Gasteiger partial charge in [0.05, 0.1) is 18.2 Å². The molecule has 0 radical (unpaired) electrons. The average Bonchev–Trinajstić information content (AvgIpc) is 2.70. The van der Waals surface area contributed by atoms with Gasteiger partial charge in [-0.05, 0) is 19.1 Å². The molecule has 2 rings (SSSR count). The van der Waals surface area contributed by atoms with E-state index in [1.807, 2.05) is 0 Å². The first-order valence-electron chi connectivity index (χ1n) is 5.02. The fraction of sp³-hybridized carbons (Fsp3) is 0.400. The second-order valence-corrected chi connectivity index (χ2v) is 3.59. The number of aliphatic hydroxyl groups excluding tert-OH is 1. The van der Waals surface area contributed by atoms with Gasteiger partial charge in [-0.3, -0.25) is 0 Å². The lowest BCUT2D eigenvalue weighted by Crippen LogP contribution is -2.11. The molecule has 0 spiro atoms. The number of hydrogen-bond acceptors (Lipinski definition) is 4. The molecular formula is C10H11F2N3O2. The minimum absolute atomic E-state index is 0.0428. The van der Waals surface area contributed by atoms with Crippen molar-refractivity contribution in [3.05, 3.63) is 18.2 Å². The van der Waals surface area contributed by atoms with Crippen molar-refractivity contribution in [1.29, 1.82) is 0 Å². The number of halogens is 2. The van der Waals surface area contributed by atoms with Gasteiger partial charge in [0.2, 0.25) is 0 Å². The first-order valence-corrected chi connectivity index (χ1v) is 5.02. The summed E-state index contributed by atoms with van der Waals surface area (Å²) in [4.78, 5) is 0. The second-order valence-electron chi connectivity index (χ2n) is 3.59. The van der Waals surface area contributed by atoms with Gasteiger partial charge in [-0.15, -0.1) is 5.10 Å². The van der Waals surface area contributed by atoms with E-state index in [0.29, 0.717) is 11.0 Å². The van der Waals surface area contributed by atoms with Crippen LogP contribution >= 0.6 is 0 Å². The van der Waals surface area contributed by atoms with Crippen molar-refractivity contribution in [2.24, 2.45) is 0 Å². The van der Waals surface area contributed by atoms with Gasteiger partial charge in [-0.2, -0.15) is 8.78 Å². The van der Waals surface area contributed by atoms with E-state index in [9.17, 15) is 8.78 Å². The summed E-state index contributed by atoms with van der Waals surface area (Å²) >= 11 is 0. The summed E-state index contributed by atoms with van der Waals surface area (Å²) in [6.45, 7) is -1.24. The monoisotopic (exact) mass is 243 g/mol. The summed E-state index contributed by atoms with van der Waals surface area (Å²) in [6.07, 6.45) is 0. The lowest BCUT2D eigenvalue weighted by Gasteiger charge is -2.09. The Morgan fingerprint density at radius 2 is 2.24 bits per heavy atom. The highest BCUT2D eigenvalue weighted by atomic mass is 19.3. The molecule has 0 fully saturated rings. The summed E-state index contributed by atoms with van der Waals surface area (Å²) in [6, 6.07) is 4.09. The Bertz CT molecular complexity index is 515. The van der Waals surface area contributed by atoms with Crippen LogP contribution in [0.3, 0.4) is 0 Å². The summed E-state index contributed by atoms with van der Waals surface area (Å²) in [5, 5.41) is 16.8. The van der Waals surface area contributed by atoms with E-state index >= 15 is 0 Å². The number of benzene rings is 1. The van der Waals surface area contributed by atoms with Crippen LogP contribution in [0.15, 0.2) is 18.2 Å². The maximum absolute atomic E-state index is 12.1. The fourth-order valence-corrected chi connectivity index (χ4v) is 1.49. The van der Waals surface area contributed by atoms with Gasteiger partial charge in [-0.1, -0.05) is 5.21 Å². The zero-order valence-electron chi connectivity index (χ0n) is 9.05. The summed E-state index contributed by atoms with van der Waals surface area (Å²) < 4.78 is 29.9. The van der Waals surface area contributed by atoms with Gasteiger partial charge in [0.1, 0.15) is 11.3 Å². The van der Waals surface area contributed by atoms with Gasteiger partial charge >= 0.3 is 6.61 Å². The molecule has 1 aromatic heterocycles. The normalized spacial score (nSPS) is 13.2. The van der Waals surface area contributed by atoms with Gasteiger partial charge in [0.15, 0.2) is 0 Å². The number of aliphatic hydroxyl groups is 1. The molecule has 5 nitrogen and oxygen atoms in total. The number of ether oxygens (including phenoxy) is 1. The maximum Gasteiger partial charge on any atom is 0.387 e. The van der Waals surface area contributed by atoms with E-state index < -0.39 is 6.61 Å². The Kier molecular flexibility index (Phi) is 3.19. The molecule has 17 heavy (non-hydrogen) atoms. The molecule has 0 aliphatic heterocycles. The van der Waals surface area contributed by atoms with E-state index in [1.165, 1.54) is 16.8 Å². The number of alkyl halides is 2. The molecule has 7 heteroatoms. The molecule has 0 saturated carbocycles. The number of fused-ring (bicyclic) bond motifs is 1. The minimum Gasteiger partial charge on any atom is -0.435 e. The molecule has 1 atom stereocenters. The molecule has 1 unspecified atom stereocenters. The highest BCUT2D eigenvalue weighted by Gasteiger charge is 2.12. The van der Waals surface area contributed by atoms with Crippen LogP contribution in [0.2, 0.25) is 0 Å². The molecule has 0 bridgehead atoms. The smallest absolute Gasteiger partial charge is 0.387 e. The molecule has 2 aromatic rings. The quantitative estimate of drug-likeness (QED) is 0.885. The fourth-order valence-electron chi connectivity index (χ4n) is 1.49. The molecule has 92 valence electrons. The average molecular weight is 243 g/mol. The number of rotatable bonds is 4. The first-order chi connectivity index (χ1) is 8.11. The molecule has 0 amide bonds. The molecule has 1 N–H and O–H groups in total. The van der Waals surface area contributed by atoms with Crippen LogP contribution < -0.4 is 4.74 Å². The van der Waals surface area contributed by atoms with E-state index in [2.05, 4.69) is 15.0 Å².